The van der Waals surface area contributed by atoms with E-state index >= 15 is 0 Å². The van der Waals surface area contributed by atoms with E-state index in [2.05, 4.69) is 6.92 Å². The van der Waals surface area contributed by atoms with Gasteiger partial charge in [-0.25, -0.2) is 0 Å². The topological polar surface area (TPSA) is 46.3 Å². The first kappa shape index (κ1) is 11.4. The molecule has 0 aromatic rings. The van der Waals surface area contributed by atoms with Gasteiger partial charge in [-0.1, -0.05) is 19.1 Å². The smallest absolute Gasteiger partial charge is 0.232 e. The van der Waals surface area contributed by atoms with Crippen molar-refractivity contribution >= 4 is 23.1 Å². The van der Waals surface area contributed by atoms with Gasteiger partial charge in [0.1, 0.15) is 0 Å². The molecule has 1 unspecified atom stereocenters. The fourth-order valence-electron chi connectivity index (χ4n) is 1.62. The Labute approximate surface area is 90.6 Å². The Morgan fingerprint density at radius 3 is 2.43 bits per heavy atom. The summed E-state index contributed by atoms with van der Waals surface area (Å²) in [6, 6.07) is 0. The maximum absolute atomic E-state index is 11.8. The molecule has 1 rings (SSSR count). The summed E-state index contributed by atoms with van der Waals surface area (Å²) in [7, 11) is 0. The summed E-state index contributed by atoms with van der Waals surface area (Å²) in [6.45, 7) is 5.71. The van der Waals surface area contributed by atoms with Crippen molar-refractivity contribution in [2.75, 3.05) is 13.1 Å². The van der Waals surface area contributed by atoms with Crippen LogP contribution in [0.15, 0.2) is 0 Å². The van der Waals surface area contributed by atoms with Gasteiger partial charge < -0.3 is 10.6 Å². The number of likely N-dealkylation sites (tertiary alicyclic amines) is 1. The Kier molecular flexibility index (Phi) is 3.86. The van der Waals surface area contributed by atoms with Gasteiger partial charge in [0.15, 0.2) is 0 Å². The standard InChI is InChI=1S/C10H18N2OS/c1-7-3-5-12(6-4-7)10(13)8(2)9(11)14/h7-8H,3-6H2,1-2H3,(H2,11,14). The highest BCUT2D eigenvalue weighted by Gasteiger charge is 2.25. The normalized spacial score (nSPS) is 20.6. The molecule has 1 heterocycles. The number of nitrogens with two attached hydrogens (primary N) is 1. The quantitative estimate of drug-likeness (QED) is 0.702. The number of thiocarbonyl (C=S) groups is 1. The van der Waals surface area contributed by atoms with Crippen molar-refractivity contribution in [3.05, 3.63) is 0 Å². The Balaban J connectivity index is 2.49. The van der Waals surface area contributed by atoms with Gasteiger partial charge in [0.05, 0.1) is 10.9 Å². The largest absolute Gasteiger partial charge is 0.393 e. The summed E-state index contributed by atoms with van der Waals surface area (Å²) < 4.78 is 0. The first-order valence-electron chi connectivity index (χ1n) is 5.10. The van der Waals surface area contributed by atoms with Crippen LogP contribution in [0.5, 0.6) is 0 Å². The molecule has 0 aromatic carbocycles. The summed E-state index contributed by atoms with van der Waals surface area (Å²) in [5.74, 6) is 0.516. The van der Waals surface area contributed by atoms with E-state index in [0.717, 1.165) is 31.8 Å². The zero-order valence-electron chi connectivity index (χ0n) is 8.82. The lowest BCUT2D eigenvalue weighted by Crippen LogP contribution is -2.43. The summed E-state index contributed by atoms with van der Waals surface area (Å²) in [5.41, 5.74) is 5.45. The predicted octanol–water partition coefficient (Wildman–Crippen LogP) is 1.17. The lowest BCUT2D eigenvalue weighted by atomic mass is 9.98. The summed E-state index contributed by atoms with van der Waals surface area (Å²) >= 11 is 4.82. The third-order valence-corrected chi connectivity index (χ3v) is 3.25. The molecular weight excluding hydrogens is 196 g/mol. The monoisotopic (exact) mass is 214 g/mol. The fourth-order valence-corrected chi connectivity index (χ4v) is 1.73. The van der Waals surface area contributed by atoms with Gasteiger partial charge in [0.2, 0.25) is 5.91 Å². The molecular formula is C10H18N2OS. The minimum absolute atomic E-state index is 0.0874. The number of nitrogens with zero attached hydrogens (tertiary/aromatic N) is 1. The number of hydrogen-bond acceptors (Lipinski definition) is 2. The molecule has 0 radical (unpaired) electrons. The van der Waals surface area contributed by atoms with E-state index < -0.39 is 0 Å². The maximum atomic E-state index is 11.8. The lowest BCUT2D eigenvalue weighted by molar-refractivity contribution is -0.134. The molecule has 2 N–H and O–H groups in total. The zero-order valence-corrected chi connectivity index (χ0v) is 9.64. The van der Waals surface area contributed by atoms with Crippen LogP contribution in [0.1, 0.15) is 26.7 Å². The molecule has 0 saturated carbocycles. The predicted molar refractivity (Wildman–Crippen MR) is 60.9 cm³/mol. The molecule has 0 aromatic heterocycles. The van der Waals surface area contributed by atoms with Crippen LogP contribution in [0.3, 0.4) is 0 Å². The average molecular weight is 214 g/mol. The van der Waals surface area contributed by atoms with Crippen LogP contribution >= 0.6 is 12.2 Å². The van der Waals surface area contributed by atoms with Gasteiger partial charge in [-0.15, -0.1) is 0 Å². The molecule has 1 atom stereocenters. The van der Waals surface area contributed by atoms with Gasteiger partial charge in [-0.3, -0.25) is 4.79 Å². The Morgan fingerprint density at radius 2 is 2.00 bits per heavy atom. The van der Waals surface area contributed by atoms with Crippen molar-refractivity contribution in [1.82, 2.24) is 4.90 Å². The van der Waals surface area contributed by atoms with E-state index in [9.17, 15) is 4.79 Å². The highest BCUT2D eigenvalue weighted by atomic mass is 32.1. The van der Waals surface area contributed by atoms with Crippen LogP contribution in [0.4, 0.5) is 0 Å². The first-order chi connectivity index (χ1) is 6.52. The van der Waals surface area contributed by atoms with Crippen LogP contribution in [-0.2, 0) is 4.79 Å². The molecule has 3 nitrogen and oxygen atoms in total. The second-order valence-corrected chi connectivity index (χ2v) is 4.60. The van der Waals surface area contributed by atoms with Crippen LogP contribution in [0.2, 0.25) is 0 Å². The van der Waals surface area contributed by atoms with Gasteiger partial charge in [0.25, 0.3) is 0 Å². The van der Waals surface area contributed by atoms with Crippen molar-refractivity contribution in [1.29, 1.82) is 0 Å². The van der Waals surface area contributed by atoms with Crippen LogP contribution in [0, 0.1) is 11.8 Å². The number of carbonyl (C=O) groups excluding carboxylic acids is 1. The van der Waals surface area contributed by atoms with Crippen molar-refractivity contribution in [3.63, 3.8) is 0 Å². The SMILES string of the molecule is CC1CCN(C(=O)C(C)C(N)=S)CC1. The highest BCUT2D eigenvalue weighted by Crippen LogP contribution is 2.17. The van der Waals surface area contributed by atoms with Crippen LogP contribution in [0.25, 0.3) is 0 Å². The number of piperidine rings is 1. The van der Waals surface area contributed by atoms with E-state index in [0.29, 0.717) is 4.99 Å². The molecule has 1 amide bonds. The minimum atomic E-state index is -0.307. The van der Waals surface area contributed by atoms with Crippen molar-refractivity contribution in [2.24, 2.45) is 17.6 Å². The van der Waals surface area contributed by atoms with Crippen LogP contribution in [-0.4, -0.2) is 28.9 Å². The number of amides is 1. The Hall–Kier alpha value is -0.640. The summed E-state index contributed by atoms with van der Waals surface area (Å²) in [4.78, 5) is 14.0. The summed E-state index contributed by atoms with van der Waals surface area (Å²) in [5, 5.41) is 0. The Bertz CT molecular complexity index is 234. The van der Waals surface area contributed by atoms with Gasteiger partial charge in [0, 0.05) is 13.1 Å². The third-order valence-electron chi connectivity index (χ3n) is 2.89. The third kappa shape index (κ3) is 2.67. The fraction of sp³-hybridized carbons (Fsp3) is 0.800. The second kappa shape index (κ2) is 4.73. The Morgan fingerprint density at radius 1 is 1.50 bits per heavy atom. The molecule has 1 aliphatic heterocycles. The summed E-state index contributed by atoms with van der Waals surface area (Å²) in [6.07, 6.45) is 2.19. The molecule has 0 bridgehead atoms. The van der Waals surface area contributed by atoms with Gasteiger partial charge in [-0.05, 0) is 25.7 Å². The number of hydrogen-bond donors (Lipinski definition) is 1. The number of carbonyl (C=O) groups is 1. The second-order valence-electron chi connectivity index (χ2n) is 4.13. The van der Waals surface area contributed by atoms with E-state index in [1.54, 1.807) is 6.92 Å². The molecule has 80 valence electrons. The van der Waals surface area contributed by atoms with E-state index in [1.165, 1.54) is 0 Å². The van der Waals surface area contributed by atoms with Gasteiger partial charge >= 0.3 is 0 Å². The maximum Gasteiger partial charge on any atom is 0.232 e. The molecule has 1 aliphatic rings. The molecule has 0 aliphatic carbocycles. The first-order valence-corrected chi connectivity index (χ1v) is 5.51. The minimum Gasteiger partial charge on any atom is -0.393 e. The molecule has 1 saturated heterocycles. The van der Waals surface area contributed by atoms with Crippen molar-refractivity contribution < 1.29 is 4.79 Å². The average Bonchev–Trinajstić information content (AvgIpc) is 2.16. The molecule has 0 spiro atoms. The van der Waals surface area contributed by atoms with Gasteiger partial charge in [-0.2, -0.15) is 0 Å². The van der Waals surface area contributed by atoms with Crippen molar-refractivity contribution in [3.8, 4) is 0 Å². The van der Waals surface area contributed by atoms with Crippen LogP contribution < -0.4 is 5.73 Å². The van der Waals surface area contributed by atoms with E-state index in [-0.39, 0.29) is 11.8 Å². The van der Waals surface area contributed by atoms with E-state index in [4.69, 9.17) is 18.0 Å². The van der Waals surface area contributed by atoms with E-state index in [1.807, 2.05) is 4.90 Å². The number of rotatable bonds is 2. The highest BCUT2D eigenvalue weighted by molar-refractivity contribution is 7.80. The zero-order chi connectivity index (χ0) is 10.7. The molecule has 14 heavy (non-hydrogen) atoms. The van der Waals surface area contributed by atoms with Crippen molar-refractivity contribution in [2.45, 2.75) is 26.7 Å². The molecule has 1 fully saturated rings. The lowest BCUT2D eigenvalue weighted by Gasteiger charge is -2.31. The molecule has 4 heteroatoms.